The lowest BCUT2D eigenvalue weighted by Gasteiger charge is -2.26. The number of fused-ring (bicyclic) bond motifs is 2. The maximum atomic E-state index is 6.06. The number of ether oxygens (including phenoxy) is 2. The molecule has 200 valence electrons. The highest BCUT2D eigenvalue weighted by Crippen LogP contribution is 2.34. The van der Waals surface area contributed by atoms with Gasteiger partial charge >= 0.3 is 0 Å². The number of nitrogens with one attached hydrogen (secondary N) is 2. The van der Waals surface area contributed by atoms with Gasteiger partial charge in [0.25, 0.3) is 0 Å². The number of aromatic nitrogens is 3. The number of nitrogens with zero attached hydrogens (tertiary/aromatic N) is 4. The highest BCUT2D eigenvalue weighted by atomic mass is 28.3. The van der Waals surface area contributed by atoms with Crippen LogP contribution in [0.5, 0.6) is 5.75 Å². The van der Waals surface area contributed by atoms with Crippen LogP contribution < -0.4 is 15.4 Å². The molecule has 0 spiro atoms. The minimum atomic E-state index is -1.16. The Kier molecular flexibility index (Phi) is 7.69. The van der Waals surface area contributed by atoms with E-state index >= 15 is 0 Å². The third-order valence-electron chi connectivity index (χ3n) is 6.85. The molecule has 8 nitrogen and oxygen atoms in total. The summed E-state index contributed by atoms with van der Waals surface area (Å²) in [6.45, 7) is 10.2. The van der Waals surface area contributed by atoms with Crippen molar-refractivity contribution in [3.8, 4) is 5.75 Å². The fourth-order valence-corrected chi connectivity index (χ4v) is 5.39. The Balaban J connectivity index is 1.49. The third kappa shape index (κ3) is 6.17. The number of benzene rings is 2. The van der Waals surface area contributed by atoms with Crippen molar-refractivity contribution < 1.29 is 9.47 Å². The number of rotatable bonds is 10. The van der Waals surface area contributed by atoms with Crippen LogP contribution in [-0.2, 0) is 24.4 Å². The fourth-order valence-electron chi connectivity index (χ4n) is 4.63. The lowest BCUT2D eigenvalue weighted by atomic mass is 9.99. The molecule has 0 saturated carbocycles. The van der Waals surface area contributed by atoms with E-state index in [4.69, 9.17) is 19.4 Å². The first-order chi connectivity index (χ1) is 18.3. The Morgan fingerprint density at radius 1 is 1.00 bits per heavy atom. The third-order valence-corrected chi connectivity index (χ3v) is 8.56. The summed E-state index contributed by atoms with van der Waals surface area (Å²) < 4.78 is 13.9. The smallest absolute Gasteiger partial charge is 0.231 e. The van der Waals surface area contributed by atoms with Gasteiger partial charge in [-0.05, 0) is 61.0 Å². The standard InChI is InChI=1S/C29H38N6O2Si/c1-34-13-11-21-18-26(36-2)25(17-22(21)19-34)31-29-32-27(30-23-9-7-6-8-10-23)24-12-14-35(28(24)33-29)20-37-15-16-38(3,4)5/h6-10,12,14,17-18H,11,13,15-16,19-20H2,1-5H3,(H2,30,31,32,33). The van der Waals surface area contributed by atoms with Gasteiger partial charge in [-0.15, -0.1) is 0 Å². The number of anilines is 4. The number of hydrogen-bond donors (Lipinski definition) is 2. The Morgan fingerprint density at radius 3 is 2.58 bits per heavy atom. The number of para-hydroxylation sites is 1. The van der Waals surface area contributed by atoms with Gasteiger partial charge in [0.05, 0.1) is 18.2 Å². The molecule has 1 aliphatic rings. The van der Waals surface area contributed by atoms with Crippen LogP contribution in [0.2, 0.25) is 25.7 Å². The van der Waals surface area contributed by atoms with Crippen molar-refractivity contribution >= 4 is 42.2 Å². The Bertz CT molecular complexity index is 1400. The zero-order valence-electron chi connectivity index (χ0n) is 23.0. The van der Waals surface area contributed by atoms with E-state index in [9.17, 15) is 0 Å². The van der Waals surface area contributed by atoms with Gasteiger partial charge in [-0.25, -0.2) is 0 Å². The van der Waals surface area contributed by atoms with Gasteiger partial charge in [0.15, 0.2) is 0 Å². The first-order valence-electron chi connectivity index (χ1n) is 13.2. The van der Waals surface area contributed by atoms with Crippen molar-refractivity contribution in [3.63, 3.8) is 0 Å². The maximum Gasteiger partial charge on any atom is 0.231 e. The summed E-state index contributed by atoms with van der Waals surface area (Å²) in [7, 11) is 2.70. The summed E-state index contributed by atoms with van der Waals surface area (Å²) >= 11 is 0. The van der Waals surface area contributed by atoms with Gasteiger partial charge in [0.1, 0.15) is 23.9 Å². The molecule has 0 aliphatic carbocycles. The minimum absolute atomic E-state index is 0.448. The van der Waals surface area contributed by atoms with Gasteiger partial charge in [0.2, 0.25) is 5.95 Å². The van der Waals surface area contributed by atoms with Crippen molar-refractivity contribution in [3.05, 3.63) is 65.9 Å². The molecular weight excluding hydrogens is 492 g/mol. The van der Waals surface area contributed by atoms with Gasteiger partial charge in [-0.2, -0.15) is 9.97 Å². The van der Waals surface area contributed by atoms with Crippen LogP contribution in [0, 0.1) is 0 Å². The lowest BCUT2D eigenvalue weighted by molar-refractivity contribution is 0.0899. The molecule has 9 heteroatoms. The van der Waals surface area contributed by atoms with E-state index in [1.807, 2.05) is 47.2 Å². The number of hydrogen-bond acceptors (Lipinski definition) is 7. The molecule has 0 amide bonds. The van der Waals surface area contributed by atoms with Crippen LogP contribution in [0.15, 0.2) is 54.7 Å². The van der Waals surface area contributed by atoms with E-state index in [2.05, 4.69) is 54.4 Å². The summed E-state index contributed by atoms with van der Waals surface area (Å²) in [5, 5.41) is 7.87. The molecule has 2 N–H and O–H groups in total. The molecule has 0 fully saturated rings. The molecule has 0 radical (unpaired) electrons. The first kappa shape index (κ1) is 26.2. The van der Waals surface area contributed by atoms with Crippen LogP contribution in [0.4, 0.5) is 23.1 Å². The van der Waals surface area contributed by atoms with Gasteiger partial charge in [-0.1, -0.05) is 37.8 Å². The van der Waals surface area contributed by atoms with Crippen molar-refractivity contribution in [1.29, 1.82) is 0 Å². The van der Waals surface area contributed by atoms with Crippen LogP contribution in [-0.4, -0.2) is 54.8 Å². The summed E-state index contributed by atoms with van der Waals surface area (Å²) in [6, 6.07) is 17.5. The van der Waals surface area contributed by atoms with Crippen LogP contribution in [0.1, 0.15) is 11.1 Å². The second kappa shape index (κ2) is 11.1. The van der Waals surface area contributed by atoms with Crippen LogP contribution in [0.3, 0.4) is 0 Å². The van der Waals surface area contributed by atoms with E-state index in [1.54, 1.807) is 7.11 Å². The molecule has 38 heavy (non-hydrogen) atoms. The molecule has 3 heterocycles. The highest BCUT2D eigenvalue weighted by Gasteiger charge is 2.19. The minimum Gasteiger partial charge on any atom is -0.495 e. The van der Waals surface area contributed by atoms with Gasteiger partial charge in [-0.3, -0.25) is 0 Å². The average Bonchev–Trinajstić information content (AvgIpc) is 3.29. The van der Waals surface area contributed by atoms with Crippen molar-refractivity contribution in [2.24, 2.45) is 0 Å². The quantitative estimate of drug-likeness (QED) is 0.186. The summed E-state index contributed by atoms with van der Waals surface area (Å²) in [5.74, 6) is 2.03. The number of likely N-dealkylation sites (N-methyl/N-ethyl adjacent to an activating group) is 1. The van der Waals surface area contributed by atoms with E-state index in [-0.39, 0.29) is 0 Å². The summed E-state index contributed by atoms with van der Waals surface area (Å²) in [4.78, 5) is 12.1. The van der Waals surface area contributed by atoms with Crippen LogP contribution >= 0.6 is 0 Å². The van der Waals surface area contributed by atoms with Gasteiger partial charge < -0.3 is 29.6 Å². The molecule has 0 bridgehead atoms. The van der Waals surface area contributed by atoms with Crippen molar-refractivity contribution in [2.45, 2.75) is 45.4 Å². The molecule has 2 aromatic heterocycles. The largest absolute Gasteiger partial charge is 0.495 e. The summed E-state index contributed by atoms with van der Waals surface area (Å²) in [5.41, 5.74) is 5.26. The zero-order chi connectivity index (χ0) is 26.7. The molecule has 0 unspecified atom stereocenters. The van der Waals surface area contributed by atoms with E-state index in [0.717, 1.165) is 66.1 Å². The highest BCUT2D eigenvalue weighted by molar-refractivity contribution is 6.76. The molecule has 0 atom stereocenters. The average molecular weight is 531 g/mol. The SMILES string of the molecule is COc1cc2c(cc1Nc1nc(Nc3ccccc3)c3ccn(COCC[Si](C)(C)C)c3n1)CN(C)CC2. The molecule has 1 aliphatic heterocycles. The normalized spacial score (nSPS) is 13.9. The number of methoxy groups -OCH3 is 1. The molecular formula is C29H38N6O2Si. The van der Waals surface area contributed by atoms with Crippen molar-refractivity contribution in [2.75, 3.05) is 37.9 Å². The zero-order valence-corrected chi connectivity index (χ0v) is 24.0. The fraction of sp³-hybridized carbons (Fsp3) is 0.379. The Hall–Kier alpha value is -3.40. The van der Waals surface area contributed by atoms with E-state index < -0.39 is 8.07 Å². The second-order valence-corrected chi connectivity index (χ2v) is 16.8. The van der Waals surface area contributed by atoms with E-state index in [0.29, 0.717) is 12.7 Å². The van der Waals surface area contributed by atoms with Crippen LogP contribution in [0.25, 0.3) is 11.0 Å². The maximum absolute atomic E-state index is 6.06. The van der Waals surface area contributed by atoms with E-state index in [1.165, 1.54) is 11.1 Å². The monoisotopic (exact) mass is 530 g/mol. The second-order valence-electron chi connectivity index (χ2n) is 11.2. The first-order valence-corrected chi connectivity index (χ1v) is 16.9. The Morgan fingerprint density at radius 2 is 1.82 bits per heavy atom. The predicted molar refractivity (Wildman–Crippen MR) is 158 cm³/mol. The molecule has 0 saturated heterocycles. The van der Waals surface area contributed by atoms with Gasteiger partial charge in [0, 0.05) is 39.7 Å². The molecule has 5 rings (SSSR count). The Labute approximate surface area is 226 Å². The molecule has 4 aromatic rings. The lowest BCUT2D eigenvalue weighted by Crippen LogP contribution is -2.26. The predicted octanol–water partition coefficient (Wildman–Crippen LogP) is 6.23. The van der Waals surface area contributed by atoms with Crippen molar-refractivity contribution in [1.82, 2.24) is 19.4 Å². The topological polar surface area (TPSA) is 76.5 Å². The molecule has 2 aromatic carbocycles. The summed E-state index contributed by atoms with van der Waals surface area (Å²) in [6.07, 6.45) is 3.03.